The molecule has 152 valence electrons. The number of aliphatic imine (C=N–C) groups is 1. The molecule has 0 bridgehead atoms. The minimum absolute atomic E-state index is 0. The van der Waals surface area contributed by atoms with Crippen molar-refractivity contribution in [2.75, 3.05) is 26.2 Å². The fraction of sp³-hybridized carbons (Fsp3) is 0.842. The molecule has 1 aromatic rings. The summed E-state index contributed by atoms with van der Waals surface area (Å²) in [7, 11) is 2.02. The van der Waals surface area contributed by atoms with Crippen molar-refractivity contribution in [3.05, 3.63) is 11.6 Å². The van der Waals surface area contributed by atoms with E-state index in [1.807, 2.05) is 18.5 Å². The highest BCUT2D eigenvalue weighted by Crippen LogP contribution is 2.22. The Balaban J connectivity index is 0.00000210. The van der Waals surface area contributed by atoms with E-state index in [0.29, 0.717) is 18.6 Å². The van der Waals surface area contributed by atoms with Gasteiger partial charge in [-0.1, -0.05) is 12.8 Å². The van der Waals surface area contributed by atoms with Crippen molar-refractivity contribution in [3.63, 3.8) is 0 Å². The minimum Gasteiger partial charge on any atom is -0.353 e. The van der Waals surface area contributed by atoms with Crippen molar-refractivity contribution >= 4 is 29.9 Å². The number of guanidine groups is 1. The lowest BCUT2D eigenvalue weighted by atomic mass is 10.2. The van der Waals surface area contributed by atoms with Gasteiger partial charge in [-0.2, -0.15) is 0 Å². The van der Waals surface area contributed by atoms with Crippen molar-refractivity contribution in [3.8, 4) is 0 Å². The molecule has 0 amide bonds. The number of aromatic nitrogens is 3. The molecule has 0 radical (unpaired) electrons. The highest BCUT2D eigenvalue weighted by Gasteiger charge is 2.31. The summed E-state index contributed by atoms with van der Waals surface area (Å²) in [5, 5.41) is 12.2. The zero-order valence-corrected chi connectivity index (χ0v) is 19.1. The molecule has 3 fully saturated rings. The van der Waals surface area contributed by atoms with E-state index >= 15 is 0 Å². The summed E-state index contributed by atoms with van der Waals surface area (Å²) in [5.41, 5.74) is 0. The lowest BCUT2D eigenvalue weighted by Crippen LogP contribution is -2.46. The summed E-state index contributed by atoms with van der Waals surface area (Å²) < 4.78 is 2.04. The largest absolute Gasteiger partial charge is 0.353 e. The van der Waals surface area contributed by atoms with Gasteiger partial charge in [-0.25, -0.2) is 4.99 Å². The molecule has 4 rings (SSSR count). The van der Waals surface area contributed by atoms with Gasteiger partial charge in [0.15, 0.2) is 11.8 Å². The molecule has 7 nitrogen and oxygen atoms in total. The van der Waals surface area contributed by atoms with Crippen molar-refractivity contribution in [2.45, 2.75) is 70.5 Å². The second-order valence-corrected chi connectivity index (χ2v) is 8.12. The number of halogens is 1. The molecule has 1 aliphatic carbocycles. The first-order valence-corrected chi connectivity index (χ1v) is 10.4. The lowest BCUT2D eigenvalue weighted by molar-refractivity contribution is 0.249. The van der Waals surface area contributed by atoms with E-state index in [2.05, 4.69) is 25.3 Å². The van der Waals surface area contributed by atoms with Gasteiger partial charge in [0.2, 0.25) is 0 Å². The van der Waals surface area contributed by atoms with Crippen LogP contribution in [0.1, 0.15) is 56.6 Å². The third kappa shape index (κ3) is 4.93. The maximum Gasteiger partial charge on any atom is 0.194 e. The molecule has 1 saturated carbocycles. The maximum absolute atomic E-state index is 4.96. The highest BCUT2D eigenvalue weighted by molar-refractivity contribution is 14.0. The number of nitrogens with one attached hydrogen (secondary N) is 1. The second-order valence-electron chi connectivity index (χ2n) is 8.12. The van der Waals surface area contributed by atoms with Gasteiger partial charge in [0, 0.05) is 32.2 Å². The Labute approximate surface area is 180 Å². The molecule has 27 heavy (non-hydrogen) atoms. The number of hydrogen-bond acceptors (Lipinski definition) is 4. The van der Waals surface area contributed by atoms with Gasteiger partial charge >= 0.3 is 0 Å². The first kappa shape index (κ1) is 20.8. The van der Waals surface area contributed by atoms with E-state index in [1.165, 1.54) is 58.0 Å². The summed E-state index contributed by atoms with van der Waals surface area (Å²) in [5.74, 6) is 2.96. The number of aryl methyl sites for hydroxylation is 1. The second kappa shape index (κ2) is 9.54. The van der Waals surface area contributed by atoms with Crippen molar-refractivity contribution in [1.29, 1.82) is 0 Å². The van der Waals surface area contributed by atoms with Crippen LogP contribution < -0.4 is 5.32 Å². The molecule has 3 heterocycles. The zero-order valence-electron chi connectivity index (χ0n) is 16.7. The third-order valence-electron chi connectivity index (χ3n) is 6.36. The fourth-order valence-corrected chi connectivity index (χ4v) is 4.56. The van der Waals surface area contributed by atoms with Gasteiger partial charge in [0.25, 0.3) is 0 Å². The number of hydrogen-bond donors (Lipinski definition) is 1. The Hall–Kier alpha value is -0.900. The van der Waals surface area contributed by atoms with Gasteiger partial charge in [-0.05, 0) is 52.1 Å². The molecule has 2 saturated heterocycles. The van der Waals surface area contributed by atoms with Gasteiger partial charge in [0.1, 0.15) is 12.4 Å². The molecule has 0 aromatic carbocycles. The maximum atomic E-state index is 4.96. The molecule has 1 atom stereocenters. The van der Waals surface area contributed by atoms with Crippen LogP contribution in [0.4, 0.5) is 0 Å². The fourth-order valence-electron chi connectivity index (χ4n) is 4.56. The molecule has 1 N–H and O–H groups in total. The molecule has 0 spiro atoms. The van der Waals surface area contributed by atoms with Crippen molar-refractivity contribution in [2.24, 2.45) is 12.0 Å². The van der Waals surface area contributed by atoms with E-state index in [9.17, 15) is 0 Å². The van der Waals surface area contributed by atoms with Gasteiger partial charge in [-0.15, -0.1) is 34.2 Å². The summed E-state index contributed by atoms with van der Waals surface area (Å²) >= 11 is 0. The highest BCUT2D eigenvalue weighted by atomic mass is 127. The van der Waals surface area contributed by atoms with Crippen LogP contribution in [-0.4, -0.2) is 68.8 Å². The van der Waals surface area contributed by atoms with Gasteiger partial charge < -0.3 is 14.8 Å². The Morgan fingerprint density at radius 2 is 1.81 bits per heavy atom. The average molecular weight is 487 g/mol. The monoisotopic (exact) mass is 487 g/mol. The normalized spacial score (nSPS) is 24.6. The molecule has 1 aromatic heterocycles. The Morgan fingerprint density at radius 1 is 1.07 bits per heavy atom. The van der Waals surface area contributed by atoms with Crippen LogP contribution in [-0.2, 0) is 13.6 Å². The number of rotatable bonds is 4. The van der Waals surface area contributed by atoms with E-state index in [0.717, 1.165) is 30.7 Å². The summed E-state index contributed by atoms with van der Waals surface area (Å²) in [6.07, 6.45) is 9.20. The zero-order chi connectivity index (χ0) is 17.9. The first-order chi connectivity index (χ1) is 12.7. The van der Waals surface area contributed by atoms with Crippen molar-refractivity contribution in [1.82, 2.24) is 29.9 Å². The average Bonchev–Trinajstić information content (AvgIpc) is 3.43. The summed E-state index contributed by atoms with van der Waals surface area (Å²) in [6, 6.07) is 1.28. The van der Waals surface area contributed by atoms with E-state index in [4.69, 9.17) is 4.99 Å². The van der Waals surface area contributed by atoms with E-state index in [1.54, 1.807) is 0 Å². The number of likely N-dealkylation sites (tertiary alicyclic amines) is 2. The number of nitrogens with zero attached hydrogens (tertiary/aromatic N) is 6. The van der Waals surface area contributed by atoms with Crippen LogP contribution in [0.5, 0.6) is 0 Å². The molecular weight excluding hydrogens is 453 g/mol. The molecule has 2 aliphatic heterocycles. The first-order valence-electron chi connectivity index (χ1n) is 10.4. The van der Waals surface area contributed by atoms with Crippen LogP contribution in [0.15, 0.2) is 4.99 Å². The minimum atomic E-state index is 0. The van der Waals surface area contributed by atoms with Crippen LogP contribution in [0, 0.1) is 6.92 Å². The smallest absolute Gasteiger partial charge is 0.194 e. The van der Waals surface area contributed by atoms with Gasteiger partial charge in [-0.3, -0.25) is 4.90 Å². The predicted octanol–water partition coefficient (Wildman–Crippen LogP) is 2.30. The predicted molar refractivity (Wildman–Crippen MR) is 118 cm³/mol. The Bertz CT molecular complexity index is 632. The standard InChI is InChI=1S/C19H33N7.HI/c1-15-22-23-18(24(15)2)13-20-19(21-16-7-3-4-8-16)26-12-9-17(14-26)25-10-5-6-11-25;/h16-17H,3-14H2,1-2H3,(H,20,21);1H. The van der Waals surface area contributed by atoms with Crippen LogP contribution >= 0.6 is 24.0 Å². The molecule has 8 heteroatoms. The Kier molecular flexibility index (Phi) is 7.35. The third-order valence-corrected chi connectivity index (χ3v) is 6.36. The van der Waals surface area contributed by atoms with E-state index in [-0.39, 0.29) is 24.0 Å². The molecular formula is C19H34IN7. The topological polar surface area (TPSA) is 61.6 Å². The lowest BCUT2D eigenvalue weighted by Gasteiger charge is -2.27. The quantitative estimate of drug-likeness (QED) is 0.401. The van der Waals surface area contributed by atoms with Crippen LogP contribution in [0.3, 0.4) is 0 Å². The SMILES string of the molecule is Cc1nnc(CN=C(NC2CCCC2)N2CCC(N3CCCC3)C2)n1C.I. The summed E-state index contributed by atoms with van der Waals surface area (Å²) in [4.78, 5) is 10.1. The van der Waals surface area contributed by atoms with E-state index < -0.39 is 0 Å². The van der Waals surface area contributed by atoms with Crippen LogP contribution in [0.25, 0.3) is 0 Å². The molecule has 3 aliphatic rings. The summed E-state index contributed by atoms with van der Waals surface area (Å²) in [6.45, 7) is 7.35. The molecule has 1 unspecified atom stereocenters. The van der Waals surface area contributed by atoms with Crippen LogP contribution in [0.2, 0.25) is 0 Å². The van der Waals surface area contributed by atoms with Gasteiger partial charge in [0.05, 0.1) is 0 Å². The van der Waals surface area contributed by atoms with Crippen molar-refractivity contribution < 1.29 is 0 Å². The Morgan fingerprint density at radius 3 is 2.48 bits per heavy atom.